The van der Waals surface area contributed by atoms with Gasteiger partial charge in [-0.15, -0.1) is 0 Å². The number of likely N-dealkylation sites (tertiary alicyclic amines) is 2. The topological polar surface area (TPSA) is 53.0 Å². The molecule has 2 saturated heterocycles. The Morgan fingerprint density at radius 3 is 2.57 bits per heavy atom. The van der Waals surface area contributed by atoms with Crippen molar-refractivity contribution in [1.82, 2.24) is 9.80 Å². The average molecular weight is 387 g/mol. The number of aliphatic hydroxyl groups is 1. The summed E-state index contributed by atoms with van der Waals surface area (Å²) in [5.41, 5.74) is 2.90. The Hall–Kier alpha value is -1.59. The Kier molecular flexibility index (Phi) is 5.17. The second-order valence-electron chi connectivity index (χ2n) is 9.82. The molecule has 1 amide bonds. The predicted molar refractivity (Wildman–Crippen MR) is 109 cm³/mol. The number of aliphatic hydroxyl groups excluding tert-OH is 1. The van der Waals surface area contributed by atoms with Gasteiger partial charge in [-0.05, 0) is 82.5 Å². The monoisotopic (exact) mass is 386 g/mol. The van der Waals surface area contributed by atoms with Gasteiger partial charge in [0.25, 0.3) is 0 Å². The maximum atomic E-state index is 12.5. The molecule has 0 aromatic heterocycles. The van der Waals surface area contributed by atoms with Crippen LogP contribution in [0.15, 0.2) is 24.3 Å². The first kappa shape index (κ1) is 19.7. The van der Waals surface area contributed by atoms with Crippen LogP contribution in [-0.4, -0.2) is 64.9 Å². The third kappa shape index (κ3) is 3.79. The fourth-order valence-electron chi connectivity index (χ4n) is 5.34. The molecule has 5 heteroatoms. The molecule has 3 aliphatic rings. The van der Waals surface area contributed by atoms with Crippen LogP contribution in [0.25, 0.3) is 0 Å². The number of amides is 1. The number of carbonyl (C=O) groups is 1. The molecule has 2 heterocycles. The smallest absolute Gasteiger partial charge is 0.410 e. The van der Waals surface area contributed by atoms with Crippen LogP contribution in [0.2, 0.25) is 0 Å². The molecule has 4 rings (SSSR count). The normalized spacial score (nSPS) is 27.6. The van der Waals surface area contributed by atoms with Gasteiger partial charge in [0.1, 0.15) is 5.60 Å². The van der Waals surface area contributed by atoms with Crippen LogP contribution in [-0.2, 0) is 16.6 Å². The first-order valence-electron chi connectivity index (χ1n) is 10.8. The molecule has 0 bridgehead atoms. The SMILES string of the molecule is CC(C)(C)OC(=O)N1CC[C@@H](O)[C@H](N2CCC3(CCc4ccccc43)CC2)C1. The number of hydrogen-bond acceptors (Lipinski definition) is 4. The van der Waals surface area contributed by atoms with E-state index < -0.39 is 5.60 Å². The summed E-state index contributed by atoms with van der Waals surface area (Å²) in [4.78, 5) is 16.7. The second kappa shape index (κ2) is 7.34. The van der Waals surface area contributed by atoms with Crippen molar-refractivity contribution in [2.24, 2.45) is 0 Å². The van der Waals surface area contributed by atoms with Crippen LogP contribution in [0, 0.1) is 0 Å². The highest BCUT2D eigenvalue weighted by Crippen LogP contribution is 2.46. The third-order valence-electron chi connectivity index (χ3n) is 6.88. The van der Waals surface area contributed by atoms with Crippen molar-refractivity contribution >= 4 is 6.09 Å². The number of benzene rings is 1. The summed E-state index contributed by atoms with van der Waals surface area (Å²) >= 11 is 0. The highest BCUT2D eigenvalue weighted by Gasteiger charge is 2.44. The van der Waals surface area contributed by atoms with E-state index in [1.54, 1.807) is 10.5 Å². The second-order valence-corrected chi connectivity index (χ2v) is 9.82. The lowest BCUT2D eigenvalue weighted by molar-refractivity contribution is -0.0369. The molecule has 0 saturated carbocycles. The van der Waals surface area contributed by atoms with E-state index in [-0.39, 0.29) is 18.2 Å². The summed E-state index contributed by atoms with van der Waals surface area (Å²) in [6.45, 7) is 8.77. The molecule has 1 aliphatic carbocycles. The largest absolute Gasteiger partial charge is 0.444 e. The van der Waals surface area contributed by atoms with Crippen molar-refractivity contribution in [3.05, 3.63) is 35.4 Å². The minimum absolute atomic E-state index is 0.00950. The van der Waals surface area contributed by atoms with Crippen molar-refractivity contribution in [3.8, 4) is 0 Å². The highest BCUT2D eigenvalue weighted by molar-refractivity contribution is 5.68. The van der Waals surface area contributed by atoms with Gasteiger partial charge in [0.15, 0.2) is 0 Å². The van der Waals surface area contributed by atoms with Gasteiger partial charge in [-0.25, -0.2) is 4.79 Å². The number of aryl methyl sites for hydroxylation is 1. The van der Waals surface area contributed by atoms with Crippen LogP contribution < -0.4 is 0 Å². The number of piperidine rings is 2. The molecular weight excluding hydrogens is 352 g/mol. The molecule has 2 atom stereocenters. The summed E-state index contributed by atoms with van der Waals surface area (Å²) < 4.78 is 5.55. The number of hydrogen-bond donors (Lipinski definition) is 1. The van der Waals surface area contributed by atoms with Gasteiger partial charge >= 0.3 is 6.09 Å². The van der Waals surface area contributed by atoms with Crippen LogP contribution in [0.3, 0.4) is 0 Å². The van der Waals surface area contributed by atoms with E-state index in [1.807, 2.05) is 20.8 Å². The van der Waals surface area contributed by atoms with Gasteiger partial charge in [-0.3, -0.25) is 4.90 Å². The van der Waals surface area contributed by atoms with Gasteiger partial charge in [-0.1, -0.05) is 24.3 Å². The van der Waals surface area contributed by atoms with E-state index in [2.05, 4.69) is 29.2 Å². The number of ether oxygens (including phenoxy) is 1. The number of fused-ring (bicyclic) bond motifs is 2. The Morgan fingerprint density at radius 1 is 1.14 bits per heavy atom. The van der Waals surface area contributed by atoms with Crippen molar-refractivity contribution < 1.29 is 14.6 Å². The Labute approximate surface area is 168 Å². The van der Waals surface area contributed by atoms with Crippen molar-refractivity contribution in [1.29, 1.82) is 0 Å². The van der Waals surface area contributed by atoms with Crippen LogP contribution >= 0.6 is 0 Å². The maximum absolute atomic E-state index is 12.5. The summed E-state index contributed by atoms with van der Waals surface area (Å²) in [6, 6.07) is 8.92. The maximum Gasteiger partial charge on any atom is 0.410 e. The molecule has 1 N–H and O–H groups in total. The predicted octanol–water partition coefficient (Wildman–Crippen LogP) is 3.34. The van der Waals surface area contributed by atoms with E-state index in [0.717, 1.165) is 25.9 Å². The molecule has 1 aromatic carbocycles. The molecule has 1 spiro atoms. The Morgan fingerprint density at radius 2 is 1.86 bits per heavy atom. The van der Waals surface area contributed by atoms with Gasteiger partial charge < -0.3 is 14.7 Å². The lowest BCUT2D eigenvalue weighted by Crippen LogP contribution is -2.59. The fraction of sp³-hybridized carbons (Fsp3) is 0.696. The lowest BCUT2D eigenvalue weighted by Gasteiger charge is -2.47. The molecule has 0 unspecified atom stereocenters. The fourth-order valence-corrected chi connectivity index (χ4v) is 5.34. The summed E-state index contributed by atoms with van der Waals surface area (Å²) in [5, 5.41) is 10.6. The van der Waals surface area contributed by atoms with E-state index >= 15 is 0 Å². The van der Waals surface area contributed by atoms with E-state index in [4.69, 9.17) is 4.74 Å². The van der Waals surface area contributed by atoms with Gasteiger partial charge in [0, 0.05) is 13.1 Å². The first-order chi connectivity index (χ1) is 13.3. The van der Waals surface area contributed by atoms with E-state index in [0.29, 0.717) is 24.9 Å². The molecular formula is C23H34N2O3. The molecule has 5 nitrogen and oxygen atoms in total. The van der Waals surface area contributed by atoms with Crippen LogP contribution in [0.1, 0.15) is 57.6 Å². The zero-order valence-electron chi connectivity index (χ0n) is 17.5. The quantitative estimate of drug-likeness (QED) is 0.804. The number of carbonyl (C=O) groups excluding carboxylic acids is 1. The molecule has 28 heavy (non-hydrogen) atoms. The van der Waals surface area contributed by atoms with Gasteiger partial charge in [0.2, 0.25) is 0 Å². The minimum atomic E-state index is -0.490. The summed E-state index contributed by atoms with van der Waals surface area (Å²) in [5.74, 6) is 0. The van der Waals surface area contributed by atoms with Crippen molar-refractivity contribution in [2.45, 2.75) is 76.0 Å². The molecule has 2 fully saturated rings. The van der Waals surface area contributed by atoms with Gasteiger partial charge in [-0.2, -0.15) is 0 Å². The zero-order chi connectivity index (χ0) is 19.9. The lowest BCUT2D eigenvalue weighted by atomic mass is 9.73. The minimum Gasteiger partial charge on any atom is -0.444 e. The highest BCUT2D eigenvalue weighted by atomic mass is 16.6. The summed E-state index contributed by atoms with van der Waals surface area (Å²) in [7, 11) is 0. The Bertz CT molecular complexity index is 719. The van der Waals surface area contributed by atoms with Crippen LogP contribution in [0.4, 0.5) is 4.79 Å². The molecule has 154 valence electrons. The van der Waals surface area contributed by atoms with Crippen molar-refractivity contribution in [2.75, 3.05) is 26.2 Å². The van der Waals surface area contributed by atoms with E-state index in [1.165, 1.54) is 18.4 Å². The standard InChI is InChI=1S/C23H34N2O3/c1-22(2,3)28-21(27)25-13-9-20(26)19(16-25)24-14-11-23(12-15-24)10-8-17-6-4-5-7-18(17)23/h4-7,19-20,26H,8-16H2,1-3H3/t19-,20-/m1/s1. The summed E-state index contributed by atoms with van der Waals surface area (Å²) in [6.07, 6.45) is 4.70. The Balaban J connectivity index is 1.40. The van der Waals surface area contributed by atoms with Crippen molar-refractivity contribution in [3.63, 3.8) is 0 Å². The molecule has 1 aromatic rings. The van der Waals surface area contributed by atoms with Gasteiger partial charge in [0.05, 0.1) is 12.1 Å². The number of nitrogens with zero attached hydrogens (tertiary/aromatic N) is 2. The molecule has 2 aliphatic heterocycles. The number of rotatable bonds is 1. The van der Waals surface area contributed by atoms with Crippen LogP contribution in [0.5, 0.6) is 0 Å². The first-order valence-corrected chi connectivity index (χ1v) is 10.8. The zero-order valence-corrected chi connectivity index (χ0v) is 17.5. The average Bonchev–Trinajstić information content (AvgIpc) is 3.00. The molecule has 0 radical (unpaired) electrons. The third-order valence-corrected chi connectivity index (χ3v) is 6.88. The van der Waals surface area contributed by atoms with E-state index in [9.17, 15) is 9.90 Å².